The average Bonchev–Trinajstić information content (AvgIpc) is 2.32. The lowest BCUT2D eigenvalue weighted by atomic mass is 9.75. The van der Waals surface area contributed by atoms with Gasteiger partial charge in [-0.1, -0.05) is 19.8 Å². The van der Waals surface area contributed by atoms with Crippen LogP contribution in [-0.2, 0) is 4.79 Å². The van der Waals surface area contributed by atoms with Crippen molar-refractivity contribution in [3.05, 3.63) is 0 Å². The molecule has 0 spiro atoms. The number of hydrogen-bond acceptors (Lipinski definition) is 3. The van der Waals surface area contributed by atoms with E-state index in [4.69, 9.17) is 5.11 Å². The number of hydrogen-bond donors (Lipinski definition) is 3. The summed E-state index contributed by atoms with van der Waals surface area (Å²) >= 11 is 0. The number of carboxylic acid groups (broad SMARTS) is 1. The van der Waals surface area contributed by atoms with E-state index in [1.165, 1.54) is 12.8 Å². The molecular weight excluding hydrogens is 218 g/mol. The van der Waals surface area contributed by atoms with Crippen LogP contribution in [0, 0.1) is 5.92 Å². The van der Waals surface area contributed by atoms with Crippen LogP contribution in [0.15, 0.2) is 0 Å². The third-order valence-corrected chi connectivity index (χ3v) is 3.86. The molecule has 0 aromatic carbocycles. The molecule has 1 aliphatic carbocycles. The molecule has 0 unspecified atom stereocenters. The van der Waals surface area contributed by atoms with Gasteiger partial charge in [-0.15, -0.1) is 0 Å². The Morgan fingerprint density at radius 3 is 2.53 bits per heavy atom. The zero-order chi connectivity index (χ0) is 12.7. The lowest BCUT2D eigenvalue weighted by Gasteiger charge is -2.37. The average molecular weight is 243 g/mol. The predicted octanol–water partition coefficient (Wildman–Crippen LogP) is 1.77. The SMILES string of the molecule is CCCC1CCC(NCCCO)(C(=O)O)CC1. The van der Waals surface area contributed by atoms with E-state index < -0.39 is 11.5 Å². The zero-order valence-electron chi connectivity index (χ0n) is 10.7. The molecule has 0 bridgehead atoms. The molecule has 17 heavy (non-hydrogen) atoms. The van der Waals surface area contributed by atoms with Gasteiger partial charge in [-0.25, -0.2) is 0 Å². The number of aliphatic hydroxyl groups excluding tert-OH is 1. The molecule has 0 radical (unpaired) electrons. The van der Waals surface area contributed by atoms with Gasteiger partial charge in [0, 0.05) is 6.61 Å². The maximum atomic E-state index is 11.4. The summed E-state index contributed by atoms with van der Waals surface area (Å²) in [5, 5.41) is 21.3. The van der Waals surface area contributed by atoms with Crippen molar-refractivity contribution in [3.63, 3.8) is 0 Å². The van der Waals surface area contributed by atoms with Gasteiger partial charge < -0.3 is 15.5 Å². The van der Waals surface area contributed by atoms with Crippen molar-refractivity contribution in [2.45, 2.75) is 57.4 Å². The van der Waals surface area contributed by atoms with Gasteiger partial charge in [-0.3, -0.25) is 4.79 Å². The van der Waals surface area contributed by atoms with Crippen LogP contribution in [0.25, 0.3) is 0 Å². The van der Waals surface area contributed by atoms with Crippen LogP contribution >= 0.6 is 0 Å². The second kappa shape index (κ2) is 6.97. The smallest absolute Gasteiger partial charge is 0.323 e. The Morgan fingerprint density at radius 1 is 1.41 bits per heavy atom. The summed E-state index contributed by atoms with van der Waals surface area (Å²) in [6, 6.07) is 0. The minimum absolute atomic E-state index is 0.112. The maximum Gasteiger partial charge on any atom is 0.323 e. The van der Waals surface area contributed by atoms with Crippen LogP contribution in [0.5, 0.6) is 0 Å². The largest absolute Gasteiger partial charge is 0.480 e. The highest BCUT2D eigenvalue weighted by Gasteiger charge is 2.40. The Hall–Kier alpha value is -0.610. The number of aliphatic carboxylic acids is 1. The summed E-state index contributed by atoms with van der Waals surface area (Å²) in [5.41, 5.74) is -0.737. The van der Waals surface area contributed by atoms with Gasteiger partial charge in [0.1, 0.15) is 5.54 Å². The van der Waals surface area contributed by atoms with Crippen LogP contribution in [0.4, 0.5) is 0 Å². The Labute approximate surface area is 103 Å². The molecule has 100 valence electrons. The van der Waals surface area contributed by atoms with E-state index in [1.54, 1.807) is 0 Å². The van der Waals surface area contributed by atoms with Crippen LogP contribution in [0.2, 0.25) is 0 Å². The molecule has 0 aromatic rings. The standard InChI is InChI=1S/C13H25NO3/c1-2-4-11-5-7-13(8-6-11,12(16)17)14-9-3-10-15/h11,14-15H,2-10H2,1H3,(H,16,17). The molecule has 0 amide bonds. The van der Waals surface area contributed by atoms with Gasteiger partial charge >= 0.3 is 5.97 Å². The van der Waals surface area contributed by atoms with E-state index >= 15 is 0 Å². The molecule has 4 heteroatoms. The summed E-state index contributed by atoms with van der Waals surface area (Å²) in [6.45, 7) is 2.88. The molecule has 0 aliphatic heterocycles. The number of carbonyl (C=O) groups is 1. The molecule has 0 aromatic heterocycles. The van der Waals surface area contributed by atoms with Crippen molar-refractivity contribution in [1.29, 1.82) is 0 Å². The third kappa shape index (κ3) is 3.96. The Kier molecular flexibility index (Phi) is 5.92. The van der Waals surface area contributed by atoms with Crippen LogP contribution < -0.4 is 5.32 Å². The first-order chi connectivity index (χ1) is 8.14. The minimum atomic E-state index is -0.737. The van der Waals surface area contributed by atoms with Crippen LogP contribution in [0.1, 0.15) is 51.9 Å². The normalized spacial score (nSPS) is 29.2. The number of aliphatic hydroxyl groups is 1. The highest BCUT2D eigenvalue weighted by molar-refractivity contribution is 5.78. The topological polar surface area (TPSA) is 69.6 Å². The maximum absolute atomic E-state index is 11.4. The number of carboxylic acids is 1. The molecule has 0 atom stereocenters. The Morgan fingerprint density at radius 2 is 2.06 bits per heavy atom. The van der Waals surface area contributed by atoms with Crippen LogP contribution in [0.3, 0.4) is 0 Å². The van der Waals surface area contributed by atoms with E-state index in [0.717, 1.165) is 25.7 Å². The van der Waals surface area contributed by atoms with E-state index in [2.05, 4.69) is 12.2 Å². The molecule has 0 saturated heterocycles. The minimum Gasteiger partial charge on any atom is -0.480 e. The Bertz CT molecular complexity index is 235. The van der Waals surface area contributed by atoms with Crippen molar-refractivity contribution in [2.24, 2.45) is 5.92 Å². The highest BCUT2D eigenvalue weighted by atomic mass is 16.4. The van der Waals surface area contributed by atoms with Gasteiger partial charge in [0.15, 0.2) is 0 Å². The van der Waals surface area contributed by atoms with Gasteiger partial charge in [0.2, 0.25) is 0 Å². The quantitative estimate of drug-likeness (QED) is 0.596. The first kappa shape index (κ1) is 14.5. The fourth-order valence-corrected chi connectivity index (χ4v) is 2.74. The second-order valence-electron chi connectivity index (χ2n) is 5.12. The summed E-state index contributed by atoms with van der Waals surface area (Å²) < 4.78 is 0. The van der Waals surface area contributed by atoms with Crippen molar-refractivity contribution in [1.82, 2.24) is 5.32 Å². The summed E-state index contributed by atoms with van der Waals surface area (Å²) in [6.07, 6.45) is 6.47. The zero-order valence-corrected chi connectivity index (χ0v) is 10.7. The van der Waals surface area contributed by atoms with Crippen molar-refractivity contribution in [2.75, 3.05) is 13.2 Å². The van der Waals surface area contributed by atoms with Crippen molar-refractivity contribution in [3.8, 4) is 0 Å². The van der Waals surface area contributed by atoms with Gasteiger partial charge in [0.25, 0.3) is 0 Å². The second-order valence-corrected chi connectivity index (χ2v) is 5.12. The van der Waals surface area contributed by atoms with Crippen molar-refractivity contribution < 1.29 is 15.0 Å². The van der Waals surface area contributed by atoms with E-state index in [-0.39, 0.29) is 6.61 Å². The molecule has 1 saturated carbocycles. The monoisotopic (exact) mass is 243 g/mol. The summed E-state index contributed by atoms with van der Waals surface area (Å²) in [5.74, 6) is -0.0301. The molecule has 1 rings (SSSR count). The molecule has 1 fully saturated rings. The first-order valence-electron chi connectivity index (χ1n) is 6.74. The van der Waals surface area contributed by atoms with E-state index in [0.29, 0.717) is 18.9 Å². The molecular formula is C13H25NO3. The van der Waals surface area contributed by atoms with Crippen LogP contribution in [-0.4, -0.2) is 34.9 Å². The lowest BCUT2D eigenvalue weighted by Crippen LogP contribution is -2.54. The Balaban J connectivity index is 2.48. The molecule has 1 aliphatic rings. The lowest BCUT2D eigenvalue weighted by molar-refractivity contribution is -0.146. The third-order valence-electron chi connectivity index (χ3n) is 3.86. The molecule has 3 N–H and O–H groups in total. The fourth-order valence-electron chi connectivity index (χ4n) is 2.74. The van der Waals surface area contributed by atoms with E-state index in [1.807, 2.05) is 0 Å². The van der Waals surface area contributed by atoms with E-state index in [9.17, 15) is 9.90 Å². The molecule has 0 heterocycles. The summed E-state index contributed by atoms with van der Waals surface area (Å²) in [7, 11) is 0. The van der Waals surface area contributed by atoms with Gasteiger partial charge in [-0.2, -0.15) is 0 Å². The predicted molar refractivity (Wildman–Crippen MR) is 66.9 cm³/mol. The first-order valence-corrected chi connectivity index (χ1v) is 6.74. The number of nitrogens with one attached hydrogen (secondary N) is 1. The highest BCUT2D eigenvalue weighted by Crippen LogP contribution is 2.34. The van der Waals surface area contributed by atoms with Gasteiger partial charge in [0.05, 0.1) is 0 Å². The summed E-state index contributed by atoms with van der Waals surface area (Å²) in [4.78, 5) is 11.4. The molecule has 4 nitrogen and oxygen atoms in total. The van der Waals surface area contributed by atoms with Crippen molar-refractivity contribution >= 4 is 5.97 Å². The van der Waals surface area contributed by atoms with Gasteiger partial charge in [-0.05, 0) is 44.6 Å². The fraction of sp³-hybridized carbons (Fsp3) is 0.923. The number of rotatable bonds is 7.